The number of halogens is 1. The van der Waals surface area contributed by atoms with Crippen LogP contribution in [0.5, 0.6) is 11.5 Å². The molecule has 0 N–H and O–H groups in total. The minimum atomic E-state index is -0.540. The highest BCUT2D eigenvalue weighted by Crippen LogP contribution is 2.27. The van der Waals surface area contributed by atoms with Gasteiger partial charge in [0.1, 0.15) is 18.1 Å². The fourth-order valence-electron chi connectivity index (χ4n) is 3.55. The Kier molecular flexibility index (Phi) is 8.33. The van der Waals surface area contributed by atoms with E-state index in [-0.39, 0.29) is 18.5 Å². The van der Waals surface area contributed by atoms with Crippen molar-refractivity contribution < 1.29 is 28.5 Å². The van der Waals surface area contributed by atoms with Crippen LogP contribution in [0.2, 0.25) is 0 Å². The summed E-state index contributed by atoms with van der Waals surface area (Å²) in [5.41, 5.74) is 1.86. The Morgan fingerprint density at radius 2 is 1.76 bits per heavy atom. The van der Waals surface area contributed by atoms with Crippen LogP contribution in [0.3, 0.4) is 0 Å². The lowest BCUT2D eigenvalue weighted by Gasteiger charge is -2.11. The number of benzene rings is 3. The second kappa shape index (κ2) is 11.8. The third-order valence-electron chi connectivity index (χ3n) is 5.36. The zero-order valence-corrected chi connectivity index (χ0v) is 20.2. The van der Waals surface area contributed by atoms with Crippen LogP contribution in [0.4, 0.5) is 0 Å². The van der Waals surface area contributed by atoms with E-state index >= 15 is 0 Å². The van der Waals surface area contributed by atoms with Gasteiger partial charge in [0.15, 0.2) is 0 Å². The zero-order valence-electron chi connectivity index (χ0n) is 18.6. The van der Waals surface area contributed by atoms with Gasteiger partial charge >= 0.3 is 11.9 Å². The Hall–Kier alpha value is -3.16. The Morgan fingerprint density at radius 1 is 0.941 bits per heavy atom. The summed E-state index contributed by atoms with van der Waals surface area (Å²) in [5, 5.41) is 0. The topological polar surface area (TPSA) is 71.1 Å². The molecule has 176 valence electrons. The molecule has 0 bridgehead atoms. The molecule has 1 atom stereocenters. The predicted octanol–water partition coefficient (Wildman–Crippen LogP) is 5.63. The summed E-state index contributed by atoms with van der Waals surface area (Å²) >= 11 is 3.46. The van der Waals surface area contributed by atoms with Crippen molar-refractivity contribution in [3.8, 4) is 11.5 Å². The number of carbonyl (C=O) groups excluding carboxylic acids is 2. The van der Waals surface area contributed by atoms with Gasteiger partial charge in [-0.05, 0) is 70.7 Å². The van der Waals surface area contributed by atoms with E-state index in [2.05, 4.69) is 28.1 Å². The predicted molar refractivity (Wildman–Crippen MR) is 130 cm³/mol. The molecule has 0 aromatic heterocycles. The number of hydrogen-bond donors (Lipinski definition) is 0. The van der Waals surface area contributed by atoms with E-state index in [1.165, 1.54) is 11.6 Å². The maximum absolute atomic E-state index is 12.6. The maximum Gasteiger partial charge on any atom is 0.343 e. The molecule has 1 fully saturated rings. The monoisotopic (exact) mass is 524 g/mol. The van der Waals surface area contributed by atoms with Crippen molar-refractivity contribution in [3.63, 3.8) is 0 Å². The van der Waals surface area contributed by atoms with Crippen LogP contribution in [0, 0.1) is 0 Å². The first kappa shape index (κ1) is 24.0. The van der Waals surface area contributed by atoms with Crippen molar-refractivity contribution in [3.05, 3.63) is 94.0 Å². The van der Waals surface area contributed by atoms with E-state index in [0.29, 0.717) is 34.6 Å². The van der Waals surface area contributed by atoms with Crippen molar-refractivity contribution in [1.82, 2.24) is 0 Å². The Bertz CT molecular complexity index is 1120. The fraction of sp³-hybridized carbons (Fsp3) is 0.259. The van der Waals surface area contributed by atoms with E-state index in [4.69, 9.17) is 18.9 Å². The lowest BCUT2D eigenvalue weighted by molar-refractivity contribution is 0.0161. The van der Waals surface area contributed by atoms with Gasteiger partial charge in [-0.1, -0.05) is 36.4 Å². The first-order valence-electron chi connectivity index (χ1n) is 11.2. The second-order valence-electron chi connectivity index (χ2n) is 7.88. The number of hydrogen-bond acceptors (Lipinski definition) is 6. The van der Waals surface area contributed by atoms with Crippen molar-refractivity contribution in [1.29, 1.82) is 0 Å². The van der Waals surface area contributed by atoms with Gasteiger partial charge in [-0.2, -0.15) is 0 Å². The van der Waals surface area contributed by atoms with E-state index in [1.54, 1.807) is 36.4 Å². The van der Waals surface area contributed by atoms with Crippen LogP contribution in [0.25, 0.3) is 0 Å². The largest absolute Gasteiger partial charge is 0.492 e. The third kappa shape index (κ3) is 6.68. The zero-order chi connectivity index (χ0) is 23.8. The molecule has 1 heterocycles. The molecule has 34 heavy (non-hydrogen) atoms. The summed E-state index contributed by atoms with van der Waals surface area (Å²) in [5.74, 6) is -0.117. The van der Waals surface area contributed by atoms with Crippen molar-refractivity contribution in [2.24, 2.45) is 0 Å². The van der Waals surface area contributed by atoms with Crippen molar-refractivity contribution in [2.75, 3.05) is 19.8 Å². The molecule has 3 aromatic rings. The highest BCUT2D eigenvalue weighted by molar-refractivity contribution is 9.10. The Balaban J connectivity index is 1.31. The minimum absolute atomic E-state index is 0.0475. The van der Waals surface area contributed by atoms with Crippen molar-refractivity contribution >= 4 is 27.9 Å². The van der Waals surface area contributed by atoms with E-state index in [0.717, 1.165) is 19.3 Å². The third-order valence-corrected chi connectivity index (χ3v) is 5.98. The van der Waals surface area contributed by atoms with Crippen LogP contribution >= 0.6 is 15.9 Å². The molecule has 4 rings (SSSR count). The standard InChI is InChI=1S/C27H25BrO6/c28-24-17-21(11-12-25(24)32-15-13-19-6-2-1-3-7-19)27(30)34-22-9-4-8-20(16-22)26(29)33-18-23-10-5-14-31-23/h1-4,6-9,11-12,16-17,23H,5,10,13-15,18H2. The van der Waals surface area contributed by atoms with Crippen molar-refractivity contribution in [2.45, 2.75) is 25.4 Å². The lowest BCUT2D eigenvalue weighted by atomic mass is 10.2. The van der Waals surface area contributed by atoms with Crippen LogP contribution in [-0.2, 0) is 15.9 Å². The molecule has 0 radical (unpaired) electrons. The summed E-state index contributed by atoms with van der Waals surface area (Å²) in [6, 6.07) is 21.5. The number of esters is 2. The molecule has 0 spiro atoms. The van der Waals surface area contributed by atoms with E-state index in [9.17, 15) is 9.59 Å². The fourth-order valence-corrected chi connectivity index (χ4v) is 4.04. The average molecular weight is 525 g/mol. The highest BCUT2D eigenvalue weighted by atomic mass is 79.9. The van der Waals surface area contributed by atoms with E-state index in [1.807, 2.05) is 18.2 Å². The first-order valence-corrected chi connectivity index (χ1v) is 11.9. The minimum Gasteiger partial charge on any atom is -0.492 e. The number of carbonyl (C=O) groups is 2. The molecule has 1 aliphatic heterocycles. The molecule has 0 amide bonds. The normalized spacial score (nSPS) is 15.0. The first-order chi connectivity index (χ1) is 16.6. The summed E-state index contributed by atoms with van der Waals surface area (Å²) in [4.78, 5) is 25.0. The summed E-state index contributed by atoms with van der Waals surface area (Å²) in [6.45, 7) is 1.43. The molecule has 0 saturated carbocycles. The van der Waals surface area contributed by atoms with Gasteiger partial charge < -0.3 is 18.9 Å². The SMILES string of the molecule is O=C(OCC1CCCO1)c1cccc(OC(=O)c2ccc(OCCc3ccccc3)c(Br)c2)c1. The Labute approximate surface area is 206 Å². The van der Waals surface area contributed by atoms with Crippen LogP contribution < -0.4 is 9.47 Å². The summed E-state index contributed by atoms with van der Waals surface area (Å²) < 4.78 is 22.7. The number of rotatable bonds is 9. The summed E-state index contributed by atoms with van der Waals surface area (Å²) in [7, 11) is 0. The second-order valence-corrected chi connectivity index (χ2v) is 8.73. The maximum atomic E-state index is 12.6. The van der Waals surface area contributed by atoms with E-state index < -0.39 is 11.9 Å². The number of ether oxygens (including phenoxy) is 4. The molecular formula is C27H25BrO6. The molecule has 1 aliphatic rings. The van der Waals surface area contributed by atoms with Crippen LogP contribution in [0.1, 0.15) is 39.1 Å². The lowest BCUT2D eigenvalue weighted by Crippen LogP contribution is -2.18. The Morgan fingerprint density at radius 3 is 2.53 bits per heavy atom. The van der Waals surface area contributed by atoms with Crippen LogP contribution in [-0.4, -0.2) is 37.9 Å². The van der Waals surface area contributed by atoms with Gasteiger partial charge in [-0.3, -0.25) is 0 Å². The van der Waals surface area contributed by atoms with Crippen LogP contribution in [0.15, 0.2) is 77.3 Å². The smallest absolute Gasteiger partial charge is 0.343 e. The molecule has 1 saturated heterocycles. The average Bonchev–Trinajstić information content (AvgIpc) is 3.38. The van der Waals surface area contributed by atoms with Gasteiger partial charge in [-0.25, -0.2) is 9.59 Å². The molecule has 3 aromatic carbocycles. The van der Waals surface area contributed by atoms with Gasteiger partial charge in [0, 0.05) is 13.0 Å². The van der Waals surface area contributed by atoms with Gasteiger partial charge in [-0.15, -0.1) is 0 Å². The molecule has 0 aliphatic carbocycles. The van der Waals surface area contributed by atoms with Gasteiger partial charge in [0.2, 0.25) is 0 Å². The molecule has 6 nitrogen and oxygen atoms in total. The molecule has 7 heteroatoms. The summed E-state index contributed by atoms with van der Waals surface area (Å²) in [6.07, 6.45) is 2.60. The van der Waals surface area contributed by atoms with Gasteiger partial charge in [0.05, 0.1) is 28.3 Å². The highest BCUT2D eigenvalue weighted by Gasteiger charge is 2.19. The van der Waals surface area contributed by atoms with Gasteiger partial charge in [0.25, 0.3) is 0 Å². The molecular weight excluding hydrogens is 500 g/mol. The molecule has 1 unspecified atom stereocenters. The quantitative estimate of drug-likeness (QED) is 0.267.